The maximum absolute atomic E-state index is 3.40. The number of benzene rings is 1. The normalized spacial score (nSPS) is 9.80. The van der Waals surface area contributed by atoms with E-state index in [2.05, 4.69) is 41.1 Å². The molecule has 1 rings (SSSR count). The Hall–Kier alpha value is -0.300. The van der Waals surface area contributed by atoms with E-state index >= 15 is 0 Å². The van der Waals surface area contributed by atoms with Gasteiger partial charge >= 0.3 is 0 Å². The molecule has 0 heterocycles. The Kier molecular flexibility index (Phi) is 2.94. The molecule has 0 fully saturated rings. The molecular weight excluding hydrogens is 188 g/mol. The van der Waals surface area contributed by atoms with Crippen LogP contribution in [0.15, 0.2) is 18.2 Å². The maximum Gasteiger partial charge on any atom is 0.00718 e. The van der Waals surface area contributed by atoms with Gasteiger partial charge in [0.15, 0.2) is 0 Å². The Labute approximate surface area is 70.4 Å². The SMILES string of the molecule is Cc1[c]ccc(CCBr)c1. The third kappa shape index (κ3) is 2.14. The minimum atomic E-state index is 1.04. The van der Waals surface area contributed by atoms with Crippen LogP contribution in [-0.2, 0) is 6.42 Å². The summed E-state index contributed by atoms with van der Waals surface area (Å²) in [6.07, 6.45) is 1.11. The van der Waals surface area contributed by atoms with Gasteiger partial charge in [-0.15, -0.1) is 0 Å². The fourth-order valence-electron chi connectivity index (χ4n) is 0.913. The average Bonchev–Trinajstić information content (AvgIpc) is 1.88. The van der Waals surface area contributed by atoms with Gasteiger partial charge in [0.2, 0.25) is 0 Å². The summed E-state index contributed by atoms with van der Waals surface area (Å²) in [6.45, 7) is 2.07. The molecule has 0 aliphatic rings. The van der Waals surface area contributed by atoms with Gasteiger partial charge in [-0.3, -0.25) is 0 Å². The van der Waals surface area contributed by atoms with E-state index in [4.69, 9.17) is 0 Å². The molecule has 53 valence electrons. The second-order valence-electron chi connectivity index (χ2n) is 2.32. The van der Waals surface area contributed by atoms with Crippen molar-refractivity contribution in [3.63, 3.8) is 0 Å². The molecular formula is C9H10Br. The summed E-state index contributed by atoms with van der Waals surface area (Å²) in [6, 6.07) is 9.37. The van der Waals surface area contributed by atoms with Crippen LogP contribution in [0.3, 0.4) is 0 Å². The first kappa shape index (κ1) is 7.80. The average molecular weight is 198 g/mol. The minimum Gasteiger partial charge on any atom is -0.0924 e. The van der Waals surface area contributed by atoms with Crippen molar-refractivity contribution < 1.29 is 0 Å². The second-order valence-corrected chi connectivity index (χ2v) is 3.11. The highest BCUT2D eigenvalue weighted by molar-refractivity contribution is 9.09. The smallest absolute Gasteiger partial charge is 0.00718 e. The molecule has 0 aromatic heterocycles. The maximum atomic E-state index is 3.40. The van der Waals surface area contributed by atoms with Crippen molar-refractivity contribution in [2.24, 2.45) is 0 Å². The topological polar surface area (TPSA) is 0 Å². The van der Waals surface area contributed by atoms with E-state index in [1.807, 2.05) is 6.07 Å². The van der Waals surface area contributed by atoms with Crippen molar-refractivity contribution in [3.05, 3.63) is 35.4 Å². The number of hydrogen-bond acceptors (Lipinski definition) is 0. The van der Waals surface area contributed by atoms with Gasteiger partial charge in [-0.05, 0) is 30.5 Å². The van der Waals surface area contributed by atoms with Crippen LogP contribution in [0.4, 0.5) is 0 Å². The van der Waals surface area contributed by atoms with Crippen LogP contribution >= 0.6 is 15.9 Å². The van der Waals surface area contributed by atoms with E-state index < -0.39 is 0 Å². The molecule has 0 atom stereocenters. The van der Waals surface area contributed by atoms with E-state index in [9.17, 15) is 0 Å². The summed E-state index contributed by atoms with van der Waals surface area (Å²) in [5.74, 6) is 0. The predicted octanol–water partition coefficient (Wildman–Crippen LogP) is 2.73. The Bertz CT molecular complexity index is 206. The lowest BCUT2D eigenvalue weighted by Gasteiger charge is -1.96. The molecule has 1 aromatic rings. The third-order valence-corrected chi connectivity index (χ3v) is 1.79. The highest BCUT2D eigenvalue weighted by Gasteiger charge is 1.89. The van der Waals surface area contributed by atoms with E-state index in [1.165, 1.54) is 11.1 Å². The molecule has 0 amide bonds. The van der Waals surface area contributed by atoms with Gasteiger partial charge < -0.3 is 0 Å². The lowest BCUT2D eigenvalue weighted by atomic mass is 10.1. The van der Waals surface area contributed by atoms with Crippen LogP contribution in [0.1, 0.15) is 11.1 Å². The van der Waals surface area contributed by atoms with Crippen molar-refractivity contribution in [1.29, 1.82) is 0 Å². The molecule has 1 aromatic carbocycles. The summed E-state index contributed by atoms with van der Waals surface area (Å²) < 4.78 is 0. The number of halogens is 1. The Morgan fingerprint density at radius 1 is 1.60 bits per heavy atom. The number of alkyl halides is 1. The van der Waals surface area contributed by atoms with Gasteiger partial charge in [0.1, 0.15) is 0 Å². The zero-order chi connectivity index (χ0) is 7.40. The van der Waals surface area contributed by atoms with E-state index in [-0.39, 0.29) is 0 Å². The largest absolute Gasteiger partial charge is 0.0924 e. The number of hydrogen-bond donors (Lipinski definition) is 0. The third-order valence-electron chi connectivity index (χ3n) is 1.39. The summed E-state index contributed by atoms with van der Waals surface area (Å²) in [4.78, 5) is 0. The van der Waals surface area contributed by atoms with Crippen LogP contribution in [-0.4, -0.2) is 5.33 Å². The molecule has 0 aliphatic heterocycles. The molecule has 0 bridgehead atoms. The van der Waals surface area contributed by atoms with Crippen LogP contribution in [0.2, 0.25) is 0 Å². The fourth-order valence-corrected chi connectivity index (χ4v) is 1.37. The zero-order valence-corrected chi connectivity index (χ0v) is 7.61. The molecule has 0 nitrogen and oxygen atoms in total. The van der Waals surface area contributed by atoms with Crippen molar-refractivity contribution >= 4 is 15.9 Å². The number of aryl methyl sites for hydroxylation is 2. The molecule has 1 heteroatoms. The van der Waals surface area contributed by atoms with Crippen molar-refractivity contribution in [1.82, 2.24) is 0 Å². The highest BCUT2D eigenvalue weighted by Crippen LogP contribution is 2.04. The van der Waals surface area contributed by atoms with Crippen LogP contribution in [0, 0.1) is 13.0 Å². The van der Waals surface area contributed by atoms with E-state index in [0.717, 1.165) is 11.8 Å². The van der Waals surface area contributed by atoms with Gasteiger partial charge in [0, 0.05) is 5.33 Å². The van der Waals surface area contributed by atoms with Crippen molar-refractivity contribution in [2.45, 2.75) is 13.3 Å². The summed E-state index contributed by atoms with van der Waals surface area (Å²) >= 11 is 3.40. The van der Waals surface area contributed by atoms with Crippen molar-refractivity contribution in [2.75, 3.05) is 5.33 Å². The van der Waals surface area contributed by atoms with Crippen LogP contribution in [0.25, 0.3) is 0 Å². The molecule has 0 saturated carbocycles. The monoisotopic (exact) mass is 197 g/mol. The Balaban J connectivity index is 2.75. The molecule has 10 heavy (non-hydrogen) atoms. The molecule has 0 saturated heterocycles. The van der Waals surface area contributed by atoms with Gasteiger partial charge in [-0.1, -0.05) is 34.1 Å². The fraction of sp³-hybridized carbons (Fsp3) is 0.333. The van der Waals surface area contributed by atoms with Crippen molar-refractivity contribution in [3.8, 4) is 0 Å². The van der Waals surface area contributed by atoms with E-state index in [1.54, 1.807) is 0 Å². The first-order valence-electron chi connectivity index (χ1n) is 3.36. The first-order valence-corrected chi connectivity index (χ1v) is 4.48. The van der Waals surface area contributed by atoms with Crippen LogP contribution < -0.4 is 0 Å². The summed E-state index contributed by atoms with van der Waals surface area (Å²) in [7, 11) is 0. The summed E-state index contributed by atoms with van der Waals surface area (Å²) in [5, 5.41) is 1.04. The molecule has 0 unspecified atom stereocenters. The summed E-state index contributed by atoms with van der Waals surface area (Å²) in [5.41, 5.74) is 2.60. The molecule has 1 radical (unpaired) electrons. The quantitative estimate of drug-likeness (QED) is 0.641. The standard InChI is InChI=1S/C9H10Br/c1-8-3-2-4-9(7-8)5-6-10/h2,4,7H,5-6H2,1H3. The lowest BCUT2D eigenvalue weighted by molar-refractivity contribution is 1.16. The Morgan fingerprint density at radius 3 is 3.00 bits per heavy atom. The van der Waals surface area contributed by atoms with Gasteiger partial charge in [0.05, 0.1) is 0 Å². The molecule has 0 N–H and O–H groups in total. The highest BCUT2D eigenvalue weighted by atomic mass is 79.9. The minimum absolute atomic E-state index is 1.04. The van der Waals surface area contributed by atoms with E-state index in [0.29, 0.717) is 0 Å². The predicted molar refractivity (Wildman–Crippen MR) is 47.5 cm³/mol. The van der Waals surface area contributed by atoms with Crippen LogP contribution in [0.5, 0.6) is 0 Å². The molecule has 0 spiro atoms. The Morgan fingerprint density at radius 2 is 2.40 bits per heavy atom. The van der Waals surface area contributed by atoms with Gasteiger partial charge in [-0.25, -0.2) is 0 Å². The number of rotatable bonds is 2. The lowest BCUT2D eigenvalue weighted by Crippen LogP contribution is -1.85. The first-order chi connectivity index (χ1) is 4.83. The molecule has 0 aliphatic carbocycles. The van der Waals surface area contributed by atoms with Gasteiger partial charge in [0.25, 0.3) is 0 Å². The van der Waals surface area contributed by atoms with Gasteiger partial charge in [-0.2, -0.15) is 0 Å². The zero-order valence-electron chi connectivity index (χ0n) is 6.02. The second kappa shape index (κ2) is 3.77.